The van der Waals surface area contributed by atoms with Gasteiger partial charge < -0.3 is 9.13 Å². The molecule has 0 saturated carbocycles. The van der Waals surface area contributed by atoms with E-state index < -0.39 is 0 Å². The molecule has 0 N–H and O–H groups in total. The topological polar surface area (TPSA) is 9.86 Å². The summed E-state index contributed by atoms with van der Waals surface area (Å²) < 4.78 is 4.75. The summed E-state index contributed by atoms with van der Waals surface area (Å²) >= 11 is 0. The second-order valence-electron chi connectivity index (χ2n) is 21.0. The van der Waals surface area contributed by atoms with E-state index in [1.54, 1.807) is 0 Å². The van der Waals surface area contributed by atoms with E-state index in [0.717, 1.165) is 0 Å². The molecule has 0 fully saturated rings. The Labute approximate surface area is 421 Å². The van der Waals surface area contributed by atoms with Crippen LogP contribution in [0.15, 0.2) is 218 Å². The molecule has 2 aliphatic rings. The van der Waals surface area contributed by atoms with Crippen LogP contribution >= 0.6 is 0 Å². The van der Waals surface area contributed by atoms with Crippen LogP contribution in [-0.4, -0.2) is 9.13 Å². The van der Waals surface area contributed by atoms with Crippen LogP contribution in [0.4, 0.5) is 0 Å². The van der Waals surface area contributed by atoms with Gasteiger partial charge in [0.05, 0.1) is 22.1 Å². The first-order valence-electron chi connectivity index (χ1n) is 25.3. The van der Waals surface area contributed by atoms with Crippen LogP contribution < -0.4 is 0 Å². The standard InChI is InChI=1S/C70H52N2/c1-69(2)61-41-47(25-23-45-29-37-67-59(39-45)57-19-11-13-21-65(57)71(67)51-15-7-5-8-16-51)27-33-53(61)55-35-31-49(43-63(55)69)50-32-36-56-54-34-28-48(42-62(54)70(3,4)64(56)44-50)26-24-46-30-38-68-60(40-46)58-20-12-14-22-66(58)72(68)52-17-9-6-10-18-52/h5-44H,1-4H3. The van der Waals surface area contributed by atoms with Crippen molar-refractivity contribution in [1.29, 1.82) is 0 Å². The fourth-order valence-corrected chi connectivity index (χ4v) is 12.4. The molecule has 342 valence electrons. The summed E-state index contributed by atoms with van der Waals surface area (Å²) in [7, 11) is 0. The van der Waals surface area contributed by atoms with Crippen LogP contribution in [0.3, 0.4) is 0 Å². The van der Waals surface area contributed by atoms with E-state index in [1.807, 2.05) is 0 Å². The Balaban J connectivity index is 0.727. The zero-order valence-corrected chi connectivity index (χ0v) is 41.0. The van der Waals surface area contributed by atoms with Crippen LogP contribution in [0.1, 0.15) is 72.2 Å². The van der Waals surface area contributed by atoms with Crippen molar-refractivity contribution in [2.45, 2.75) is 38.5 Å². The molecule has 2 aromatic heterocycles. The van der Waals surface area contributed by atoms with Crippen molar-refractivity contribution in [3.8, 4) is 44.8 Å². The molecule has 0 amide bonds. The summed E-state index contributed by atoms with van der Waals surface area (Å²) in [6.07, 6.45) is 9.09. The van der Waals surface area contributed by atoms with Gasteiger partial charge in [-0.3, -0.25) is 0 Å². The maximum atomic E-state index is 2.46. The van der Waals surface area contributed by atoms with Crippen molar-refractivity contribution in [1.82, 2.24) is 9.13 Å². The quantitative estimate of drug-likeness (QED) is 0.141. The second kappa shape index (κ2) is 15.9. The fraction of sp³-hybridized carbons (Fsp3) is 0.0857. The van der Waals surface area contributed by atoms with Crippen LogP contribution in [0, 0.1) is 0 Å². The van der Waals surface area contributed by atoms with E-state index in [1.165, 1.54) is 133 Å². The number of hydrogen-bond donors (Lipinski definition) is 0. The van der Waals surface area contributed by atoms with Crippen molar-refractivity contribution in [3.63, 3.8) is 0 Å². The summed E-state index contributed by atoms with van der Waals surface area (Å²) in [5, 5.41) is 5.07. The molecule has 72 heavy (non-hydrogen) atoms. The van der Waals surface area contributed by atoms with E-state index >= 15 is 0 Å². The third-order valence-electron chi connectivity index (χ3n) is 16.1. The molecule has 2 nitrogen and oxygen atoms in total. The van der Waals surface area contributed by atoms with E-state index in [9.17, 15) is 0 Å². The normalized spacial score (nSPS) is 14.2. The van der Waals surface area contributed by atoms with Gasteiger partial charge in [-0.15, -0.1) is 0 Å². The van der Waals surface area contributed by atoms with Crippen molar-refractivity contribution in [2.75, 3.05) is 0 Å². The van der Waals surface area contributed by atoms with Crippen LogP contribution in [0.25, 0.3) is 113 Å². The first-order chi connectivity index (χ1) is 35.2. The van der Waals surface area contributed by atoms with Gasteiger partial charge in [0.15, 0.2) is 0 Å². The molecule has 0 aliphatic heterocycles. The largest absolute Gasteiger partial charge is 0.309 e. The average molecular weight is 921 g/mol. The molecular formula is C70H52N2. The summed E-state index contributed by atoms with van der Waals surface area (Å²) in [5.41, 5.74) is 25.2. The molecule has 0 unspecified atom stereocenters. The number of benzene rings is 10. The van der Waals surface area contributed by atoms with Gasteiger partial charge in [-0.2, -0.15) is 0 Å². The van der Waals surface area contributed by atoms with Crippen molar-refractivity contribution >= 4 is 67.9 Å². The third kappa shape index (κ3) is 6.49. The Morgan fingerprint density at radius 3 is 1.01 bits per heavy atom. The number of hydrogen-bond acceptors (Lipinski definition) is 0. The van der Waals surface area contributed by atoms with Crippen LogP contribution in [0.2, 0.25) is 0 Å². The van der Waals surface area contributed by atoms with Gasteiger partial charge in [0, 0.05) is 43.7 Å². The third-order valence-corrected chi connectivity index (χ3v) is 16.1. The van der Waals surface area contributed by atoms with E-state index in [2.05, 4.69) is 280 Å². The van der Waals surface area contributed by atoms with Gasteiger partial charge in [-0.1, -0.05) is 198 Å². The maximum absolute atomic E-state index is 2.46. The lowest BCUT2D eigenvalue weighted by Gasteiger charge is -2.23. The number of nitrogens with zero attached hydrogens (tertiary/aromatic N) is 2. The number of fused-ring (bicyclic) bond motifs is 12. The van der Waals surface area contributed by atoms with Gasteiger partial charge >= 0.3 is 0 Å². The molecule has 10 aromatic carbocycles. The van der Waals surface area contributed by atoms with Gasteiger partial charge in [0.25, 0.3) is 0 Å². The molecule has 2 heterocycles. The molecule has 0 spiro atoms. The Hall–Kier alpha value is -8.72. The highest BCUT2D eigenvalue weighted by molar-refractivity contribution is 6.11. The zero-order chi connectivity index (χ0) is 48.3. The van der Waals surface area contributed by atoms with Crippen molar-refractivity contribution < 1.29 is 0 Å². The Morgan fingerprint density at radius 2 is 0.597 bits per heavy atom. The minimum atomic E-state index is -0.147. The summed E-state index contributed by atoms with van der Waals surface area (Å²) in [4.78, 5) is 0. The van der Waals surface area contributed by atoms with Crippen LogP contribution in [-0.2, 0) is 10.8 Å². The highest BCUT2D eigenvalue weighted by Gasteiger charge is 2.38. The minimum absolute atomic E-state index is 0.147. The predicted octanol–water partition coefficient (Wildman–Crippen LogP) is 18.5. The monoisotopic (exact) mass is 920 g/mol. The molecule has 0 atom stereocenters. The van der Waals surface area contributed by atoms with Gasteiger partial charge in [0.1, 0.15) is 0 Å². The molecule has 2 aliphatic carbocycles. The van der Waals surface area contributed by atoms with Crippen molar-refractivity contribution in [2.24, 2.45) is 0 Å². The van der Waals surface area contributed by atoms with Crippen molar-refractivity contribution in [3.05, 3.63) is 263 Å². The summed E-state index contributed by atoms with van der Waals surface area (Å²) in [5.74, 6) is 0. The molecule has 2 heteroatoms. The lowest BCUT2D eigenvalue weighted by molar-refractivity contribution is 0.659. The highest BCUT2D eigenvalue weighted by Crippen LogP contribution is 2.53. The van der Waals surface area contributed by atoms with E-state index in [0.29, 0.717) is 0 Å². The molecule has 0 bridgehead atoms. The first-order valence-corrected chi connectivity index (χ1v) is 25.3. The molecule has 14 rings (SSSR count). The van der Waals surface area contributed by atoms with E-state index in [-0.39, 0.29) is 10.8 Å². The Morgan fingerprint density at radius 1 is 0.278 bits per heavy atom. The first kappa shape index (κ1) is 42.2. The Kier molecular flexibility index (Phi) is 9.32. The lowest BCUT2D eigenvalue weighted by Crippen LogP contribution is -2.15. The zero-order valence-electron chi connectivity index (χ0n) is 41.0. The minimum Gasteiger partial charge on any atom is -0.309 e. The number of para-hydroxylation sites is 4. The van der Waals surface area contributed by atoms with Gasteiger partial charge in [0.2, 0.25) is 0 Å². The molecular weight excluding hydrogens is 869 g/mol. The van der Waals surface area contributed by atoms with E-state index in [4.69, 9.17) is 0 Å². The second-order valence-corrected chi connectivity index (χ2v) is 21.0. The lowest BCUT2D eigenvalue weighted by atomic mass is 9.80. The average Bonchev–Trinajstić information content (AvgIpc) is 4.08. The van der Waals surface area contributed by atoms with Gasteiger partial charge in [-0.25, -0.2) is 0 Å². The summed E-state index contributed by atoms with van der Waals surface area (Å²) in [6.45, 7) is 9.57. The molecule has 0 radical (unpaired) electrons. The maximum Gasteiger partial charge on any atom is 0.0541 e. The molecule has 12 aromatic rings. The number of rotatable bonds is 7. The Bertz CT molecular complexity index is 3970. The van der Waals surface area contributed by atoms with Crippen LogP contribution in [0.5, 0.6) is 0 Å². The fourth-order valence-electron chi connectivity index (χ4n) is 12.4. The van der Waals surface area contributed by atoms with Gasteiger partial charge in [-0.05, 0) is 151 Å². The predicted molar refractivity (Wildman–Crippen MR) is 306 cm³/mol. The molecule has 0 saturated heterocycles. The number of aromatic nitrogens is 2. The smallest absolute Gasteiger partial charge is 0.0541 e. The SMILES string of the molecule is CC1(C)c2cc(C=Cc3ccc4c(c3)c3ccccc3n4-c3ccccc3)ccc2-c2ccc(-c3ccc4c(c3)C(C)(C)c3cc(C=Cc5ccc6c(c5)c5ccccc5n6-c5ccccc5)ccc3-4)cc21. The summed E-state index contributed by atoms with van der Waals surface area (Å²) in [6, 6.07) is 80.9. The highest BCUT2D eigenvalue weighted by atomic mass is 15.0.